The minimum atomic E-state index is -3.49. The van der Waals surface area contributed by atoms with Gasteiger partial charge in [-0.15, -0.1) is 0 Å². The number of aldehydes is 1. The average molecular weight is 251 g/mol. The SMILES string of the molecule is O=CC(F)(F)c1ccc(-c2ccc(F)cn2)cc1. The Kier molecular flexibility index (Phi) is 3.14. The topological polar surface area (TPSA) is 30.0 Å². The summed E-state index contributed by atoms with van der Waals surface area (Å²) >= 11 is 0. The quantitative estimate of drug-likeness (QED) is 0.784. The van der Waals surface area contributed by atoms with Gasteiger partial charge in [-0.1, -0.05) is 24.3 Å². The molecule has 0 aliphatic heterocycles. The molecule has 0 saturated heterocycles. The first-order valence-corrected chi connectivity index (χ1v) is 5.09. The van der Waals surface area contributed by atoms with Crippen LogP contribution in [0, 0.1) is 5.82 Å². The van der Waals surface area contributed by atoms with Crippen molar-refractivity contribution in [1.29, 1.82) is 0 Å². The highest BCUT2D eigenvalue weighted by molar-refractivity contribution is 5.65. The summed E-state index contributed by atoms with van der Waals surface area (Å²) in [6.07, 6.45) is 0.640. The van der Waals surface area contributed by atoms with Crippen molar-refractivity contribution in [2.45, 2.75) is 5.92 Å². The fraction of sp³-hybridized carbons (Fsp3) is 0.0769. The number of rotatable bonds is 3. The molecule has 92 valence electrons. The summed E-state index contributed by atoms with van der Waals surface area (Å²) in [4.78, 5) is 14.0. The summed E-state index contributed by atoms with van der Waals surface area (Å²) in [6, 6.07) is 7.79. The monoisotopic (exact) mass is 251 g/mol. The molecule has 0 aliphatic rings. The third kappa shape index (κ3) is 2.40. The standard InChI is InChI=1S/C13H8F3NO/c14-11-5-6-12(17-7-11)9-1-3-10(4-2-9)13(15,16)8-18/h1-8H. The smallest absolute Gasteiger partial charge is 0.296 e. The van der Waals surface area contributed by atoms with Gasteiger partial charge in [-0.2, -0.15) is 8.78 Å². The summed E-state index contributed by atoms with van der Waals surface area (Å²) in [6.45, 7) is 0. The molecule has 1 heterocycles. The van der Waals surface area contributed by atoms with Crippen molar-refractivity contribution >= 4 is 6.29 Å². The van der Waals surface area contributed by atoms with E-state index in [-0.39, 0.29) is 5.56 Å². The van der Waals surface area contributed by atoms with Crippen LogP contribution in [0.2, 0.25) is 0 Å². The Morgan fingerprint density at radius 1 is 1.06 bits per heavy atom. The third-order valence-electron chi connectivity index (χ3n) is 2.44. The molecule has 1 aromatic heterocycles. The lowest BCUT2D eigenvalue weighted by molar-refractivity contribution is -0.130. The number of aromatic nitrogens is 1. The normalized spacial score (nSPS) is 11.3. The fourth-order valence-electron chi connectivity index (χ4n) is 1.48. The lowest BCUT2D eigenvalue weighted by Crippen LogP contribution is -2.14. The minimum absolute atomic E-state index is 0.386. The number of halogens is 3. The van der Waals surface area contributed by atoms with Crippen molar-refractivity contribution in [3.63, 3.8) is 0 Å². The van der Waals surface area contributed by atoms with Gasteiger partial charge in [-0.3, -0.25) is 9.78 Å². The van der Waals surface area contributed by atoms with Crippen molar-refractivity contribution < 1.29 is 18.0 Å². The van der Waals surface area contributed by atoms with Crippen LogP contribution in [0.3, 0.4) is 0 Å². The second kappa shape index (κ2) is 4.60. The number of hydrogen-bond donors (Lipinski definition) is 0. The molecule has 1 aromatic carbocycles. The highest BCUT2D eigenvalue weighted by atomic mass is 19.3. The predicted molar refractivity (Wildman–Crippen MR) is 59.6 cm³/mol. The summed E-state index contributed by atoms with van der Waals surface area (Å²) < 4.78 is 38.7. The Labute approximate surface area is 101 Å². The highest BCUT2D eigenvalue weighted by Gasteiger charge is 2.30. The first-order chi connectivity index (χ1) is 8.53. The van der Waals surface area contributed by atoms with Gasteiger partial charge >= 0.3 is 5.92 Å². The Balaban J connectivity index is 2.33. The molecule has 2 nitrogen and oxygen atoms in total. The van der Waals surface area contributed by atoms with Crippen LogP contribution in [-0.2, 0) is 10.7 Å². The van der Waals surface area contributed by atoms with Crippen molar-refractivity contribution in [2.75, 3.05) is 0 Å². The van der Waals surface area contributed by atoms with Crippen molar-refractivity contribution in [3.8, 4) is 11.3 Å². The largest absolute Gasteiger partial charge is 0.327 e. The van der Waals surface area contributed by atoms with Gasteiger partial charge < -0.3 is 0 Å². The Hall–Kier alpha value is -2.17. The van der Waals surface area contributed by atoms with Gasteiger partial charge in [-0.25, -0.2) is 4.39 Å². The zero-order valence-electron chi connectivity index (χ0n) is 9.11. The van der Waals surface area contributed by atoms with Crippen molar-refractivity contribution in [2.24, 2.45) is 0 Å². The van der Waals surface area contributed by atoms with Gasteiger partial charge in [0.25, 0.3) is 0 Å². The van der Waals surface area contributed by atoms with E-state index in [2.05, 4.69) is 4.98 Å². The van der Waals surface area contributed by atoms with E-state index in [1.807, 2.05) is 0 Å². The minimum Gasteiger partial charge on any atom is -0.296 e. The third-order valence-corrected chi connectivity index (χ3v) is 2.44. The molecule has 2 rings (SSSR count). The molecule has 0 fully saturated rings. The van der Waals surface area contributed by atoms with Crippen LogP contribution in [0.4, 0.5) is 13.2 Å². The van der Waals surface area contributed by atoms with Crippen LogP contribution in [0.25, 0.3) is 11.3 Å². The molecule has 0 amide bonds. The molecular formula is C13H8F3NO. The zero-order valence-corrected chi connectivity index (χ0v) is 9.11. The maximum Gasteiger partial charge on any atom is 0.327 e. The Bertz CT molecular complexity index is 549. The van der Waals surface area contributed by atoms with E-state index >= 15 is 0 Å². The van der Waals surface area contributed by atoms with E-state index in [0.29, 0.717) is 11.3 Å². The second-order valence-corrected chi connectivity index (χ2v) is 3.68. The number of benzene rings is 1. The molecule has 0 atom stereocenters. The van der Waals surface area contributed by atoms with Gasteiger partial charge in [0.2, 0.25) is 0 Å². The summed E-state index contributed by atoms with van der Waals surface area (Å²) in [5.74, 6) is -3.96. The number of pyridine rings is 1. The summed E-state index contributed by atoms with van der Waals surface area (Å²) in [5.41, 5.74) is 0.654. The highest BCUT2D eigenvalue weighted by Crippen LogP contribution is 2.27. The maximum atomic E-state index is 13.0. The van der Waals surface area contributed by atoms with E-state index in [1.165, 1.54) is 24.3 Å². The average Bonchev–Trinajstić information content (AvgIpc) is 2.40. The zero-order chi connectivity index (χ0) is 13.2. The number of hydrogen-bond acceptors (Lipinski definition) is 2. The number of nitrogens with zero attached hydrogens (tertiary/aromatic N) is 1. The van der Waals surface area contributed by atoms with Crippen LogP contribution < -0.4 is 0 Å². The van der Waals surface area contributed by atoms with Gasteiger partial charge in [0, 0.05) is 11.1 Å². The molecule has 2 aromatic rings. The number of alkyl halides is 2. The lowest BCUT2D eigenvalue weighted by Gasteiger charge is -2.09. The summed E-state index contributed by atoms with van der Waals surface area (Å²) in [7, 11) is 0. The number of carbonyl (C=O) groups is 1. The molecule has 0 spiro atoms. The van der Waals surface area contributed by atoms with E-state index < -0.39 is 18.0 Å². The molecule has 0 radical (unpaired) electrons. The van der Waals surface area contributed by atoms with Crippen LogP contribution in [0.15, 0.2) is 42.6 Å². The first kappa shape index (κ1) is 12.3. The van der Waals surface area contributed by atoms with Crippen molar-refractivity contribution in [3.05, 3.63) is 54.0 Å². The Morgan fingerprint density at radius 2 is 1.72 bits per heavy atom. The number of carbonyl (C=O) groups excluding carboxylic acids is 1. The van der Waals surface area contributed by atoms with Crippen LogP contribution in [-0.4, -0.2) is 11.3 Å². The van der Waals surface area contributed by atoms with Crippen LogP contribution in [0.1, 0.15) is 5.56 Å². The molecule has 0 saturated carbocycles. The molecule has 0 unspecified atom stereocenters. The van der Waals surface area contributed by atoms with E-state index in [4.69, 9.17) is 0 Å². The molecule has 0 bridgehead atoms. The van der Waals surface area contributed by atoms with Crippen LogP contribution >= 0.6 is 0 Å². The van der Waals surface area contributed by atoms with Crippen LogP contribution in [0.5, 0.6) is 0 Å². The van der Waals surface area contributed by atoms with Crippen molar-refractivity contribution in [1.82, 2.24) is 4.98 Å². The van der Waals surface area contributed by atoms with Gasteiger partial charge in [-0.05, 0) is 12.1 Å². The molecular weight excluding hydrogens is 243 g/mol. The maximum absolute atomic E-state index is 13.0. The first-order valence-electron chi connectivity index (χ1n) is 5.09. The molecule has 18 heavy (non-hydrogen) atoms. The van der Waals surface area contributed by atoms with E-state index in [0.717, 1.165) is 18.3 Å². The molecule has 0 aliphatic carbocycles. The lowest BCUT2D eigenvalue weighted by atomic mass is 10.1. The Morgan fingerprint density at radius 3 is 2.22 bits per heavy atom. The predicted octanol–water partition coefficient (Wildman–Crippen LogP) is 3.18. The molecule has 5 heteroatoms. The fourth-order valence-corrected chi connectivity index (χ4v) is 1.48. The summed E-state index contributed by atoms with van der Waals surface area (Å²) in [5, 5.41) is 0. The van der Waals surface area contributed by atoms with E-state index in [1.54, 1.807) is 0 Å². The van der Waals surface area contributed by atoms with E-state index in [9.17, 15) is 18.0 Å². The van der Waals surface area contributed by atoms with Gasteiger partial charge in [0.05, 0.1) is 11.9 Å². The molecule has 0 N–H and O–H groups in total. The van der Waals surface area contributed by atoms with Gasteiger partial charge in [0.1, 0.15) is 5.82 Å². The second-order valence-electron chi connectivity index (χ2n) is 3.68. The van der Waals surface area contributed by atoms with Gasteiger partial charge in [0.15, 0.2) is 6.29 Å².